The molecule has 2 fully saturated rings. The van der Waals surface area contributed by atoms with Crippen molar-refractivity contribution in [3.05, 3.63) is 36.3 Å². The fourth-order valence-electron chi connectivity index (χ4n) is 3.86. The fraction of sp³-hybridized carbons (Fsp3) is 0.524. The van der Waals surface area contributed by atoms with Crippen molar-refractivity contribution in [2.75, 3.05) is 56.2 Å². The minimum absolute atomic E-state index is 0.110. The first kappa shape index (κ1) is 21.1. The highest BCUT2D eigenvalue weighted by Crippen LogP contribution is 2.19. The molecule has 31 heavy (non-hydrogen) atoms. The third-order valence-electron chi connectivity index (χ3n) is 5.75. The van der Waals surface area contributed by atoms with Gasteiger partial charge in [-0.25, -0.2) is 9.78 Å². The highest BCUT2D eigenvalue weighted by Gasteiger charge is 2.23. The highest BCUT2D eigenvalue weighted by atomic mass is 16.5. The van der Waals surface area contributed by atoms with Gasteiger partial charge in [-0.05, 0) is 30.9 Å². The first-order valence-corrected chi connectivity index (χ1v) is 10.7. The fourth-order valence-corrected chi connectivity index (χ4v) is 3.86. The van der Waals surface area contributed by atoms with E-state index in [9.17, 15) is 9.59 Å². The van der Waals surface area contributed by atoms with Crippen molar-refractivity contribution in [2.45, 2.75) is 12.8 Å². The lowest BCUT2D eigenvalue weighted by atomic mass is 9.97. The zero-order chi connectivity index (χ0) is 21.6. The van der Waals surface area contributed by atoms with Crippen molar-refractivity contribution in [2.24, 2.45) is 13.0 Å². The molecular formula is C21H29N7O3. The molecule has 4 rings (SSSR count). The van der Waals surface area contributed by atoms with Crippen molar-refractivity contribution < 1.29 is 14.3 Å². The number of ether oxygens (including phenoxy) is 1. The maximum atomic E-state index is 12.6. The van der Waals surface area contributed by atoms with Gasteiger partial charge < -0.3 is 25.2 Å². The Morgan fingerprint density at radius 2 is 1.90 bits per heavy atom. The van der Waals surface area contributed by atoms with Gasteiger partial charge in [-0.15, -0.1) is 0 Å². The van der Waals surface area contributed by atoms with E-state index in [4.69, 9.17) is 4.74 Å². The van der Waals surface area contributed by atoms with E-state index in [1.807, 2.05) is 17.0 Å². The molecule has 0 aromatic carbocycles. The molecule has 0 unspecified atom stereocenters. The topological polar surface area (TPSA) is 105 Å². The number of pyridine rings is 1. The lowest BCUT2D eigenvalue weighted by molar-refractivity contribution is 0.0938. The van der Waals surface area contributed by atoms with Crippen molar-refractivity contribution >= 4 is 23.4 Å². The van der Waals surface area contributed by atoms with E-state index >= 15 is 0 Å². The van der Waals surface area contributed by atoms with E-state index < -0.39 is 0 Å². The molecule has 0 aliphatic carbocycles. The number of nitrogens with one attached hydrogen (secondary N) is 2. The number of rotatable bonds is 5. The minimum atomic E-state index is -0.112. The Labute approximate surface area is 181 Å². The van der Waals surface area contributed by atoms with Crippen molar-refractivity contribution in [3.63, 3.8) is 0 Å². The minimum Gasteiger partial charge on any atom is -0.378 e. The van der Waals surface area contributed by atoms with Crippen LogP contribution in [-0.2, 0) is 11.8 Å². The molecule has 2 aromatic heterocycles. The molecule has 2 aliphatic rings. The normalized spacial score (nSPS) is 17.5. The second-order valence-electron chi connectivity index (χ2n) is 7.98. The predicted molar refractivity (Wildman–Crippen MR) is 116 cm³/mol. The third-order valence-corrected chi connectivity index (χ3v) is 5.75. The van der Waals surface area contributed by atoms with Crippen LogP contribution in [0, 0.1) is 5.92 Å². The van der Waals surface area contributed by atoms with Gasteiger partial charge in [0.05, 0.1) is 36.9 Å². The van der Waals surface area contributed by atoms with Crippen LogP contribution in [0.5, 0.6) is 0 Å². The number of nitrogens with zero attached hydrogens (tertiary/aromatic N) is 5. The van der Waals surface area contributed by atoms with Gasteiger partial charge in [-0.3, -0.25) is 9.48 Å². The molecule has 2 saturated heterocycles. The number of aromatic nitrogens is 3. The Morgan fingerprint density at radius 1 is 1.13 bits per heavy atom. The zero-order valence-corrected chi connectivity index (χ0v) is 17.8. The van der Waals surface area contributed by atoms with Crippen LogP contribution in [0.2, 0.25) is 0 Å². The van der Waals surface area contributed by atoms with Gasteiger partial charge in [0.2, 0.25) is 0 Å². The van der Waals surface area contributed by atoms with E-state index in [1.54, 1.807) is 30.3 Å². The number of carbonyl (C=O) groups excluding carboxylic acids is 2. The first-order valence-electron chi connectivity index (χ1n) is 10.7. The summed E-state index contributed by atoms with van der Waals surface area (Å²) in [6.45, 7) is 5.02. The number of hydrogen-bond acceptors (Lipinski definition) is 6. The summed E-state index contributed by atoms with van der Waals surface area (Å²) in [6.07, 6.45) is 6.67. The summed E-state index contributed by atoms with van der Waals surface area (Å²) in [5, 5.41) is 9.92. The van der Waals surface area contributed by atoms with E-state index in [0.717, 1.165) is 31.7 Å². The van der Waals surface area contributed by atoms with Crippen molar-refractivity contribution in [1.82, 2.24) is 25.0 Å². The van der Waals surface area contributed by atoms with Crippen molar-refractivity contribution in [1.29, 1.82) is 0 Å². The van der Waals surface area contributed by atoms with Crippen LogP contribution >= 0.6 is 0 Å². The van der Waals surface area contributed by atoms with Crippen LogP contribution in [0.15, 0.2) is 30.7 Å². The molecule has 0 saturated carbocycles. The molecule has 166 valence electrons. The maximum absolute atomic E-state index is 12.6. The molecule has 0 spiro atoms. The monoisotopic (exact) mass is 427 g/mol. The molecule has 10 nitrogen and oxygen atoms in total. The van der Waals surface area contributed by atoms with E-state index in [2.05, 4.69) is 25.6 Å². The molecule has 4 heterocycles. The van der Waals surface area contributed by atoms with Gasteiger partial charge in [0, 0.05) is 46.0 Å². The van der Waals surface area contributed by atoms with Crippen LogP contribution in [-0.4, -0.2) is 77.5 Å². The molecule has 3 amide bonds. The number of morpholine rings is 1. The average molecular weight is 428 g/mol. The summed E-state index contributed by atoms with van der Waals surface area (Å²) in [4.78, 5) is 33.2. The first-order chi connectivity index (χ1) is 15.1. The Bertz CT molecular complexity index is 885. The van der Waals surface area contributed by atoms with Gasteiger partial charge >= 0.3 is 6.03 Å². The smallest absolute Gasteiger partial charge is 0.321 e. The lowest BCUT2D eigenvalue weighted by Crippen LogP contribution is -2.43. The quantitative estimate of drug-likeness (QED) is 0.746. The highest BCUT2D eigenvalue weighted by molar-refractivity contribution is 5.93. The largest absolute Gasteiger partial charge is 0.378 e. The summed E-state index contributed by atoms with van der Waals surface area (Å²) < 4.78 is 6.97. The number of likely N-dealkylation sites (tertiary alicyclic amines) is 1. The summed E-state index contributed by atoms with van der Waals surface area (Å²) in [5.41, 5.74) is 1.25. The Balaban J connectivity index is 1.20. The second kappa shape index (κ2) is 9.78. The molecule has 2 N–H and O–H groups in total. The standard InChI is InChI=1S/C21H29N7O3/c1-26-15-17(13-24-26)20(29)23-12-16-4-6-28(7-5-16)21(30)25-18-2-3-19(22-14-18)27-8-10-31-11-9-27/h2-3,13-16H,4-12H2,1H3,(H,23,29)(H,25,30). The van der Waals surface area contributed by atoms with Crippen LogP contribution in [0.4, 0.5) is 16.3 Å². The number of piperidine rings is 1. The zero-order valence-electron chi connectivity index (χ0n) is 17.8. The molecule has 2 aliphatic heterocycles. The summed E-state index contributed by atoms with van der Waals surface area (Å²) >= 11 is 0. The molecular weight excluding hydrogens is 398 g/mol. The average Bonchev–Trinajstić information content (AvgIpc) is 3.25. The van der Waals surface area contributed by atoms with E-state index in [0.29, 0.717) is 50.0 Å². The van der Waals surface area contributed by atoms with E-state index in [-0.39, 0.29) is 11.9 Å². The second-order valence-corrected chi connectivity index (χ2v) is 7.98. The number of hydrogen-bond donors (Lipinski definition) is 2. The Kier molecular flexibility index (Phi) is 6.66. The number of amides is 3. The number of anilines is 2. The van der Waals surface area contributed by atoms with Gasteiger partial charge in [-0.1, -0.05) is 0 Å². The number of aryl methyl sites for hydroxylation is 1. The van der Waals surface area contributed by atoms with E-state index in [1.165, 1.54) is 0 Å². The van der Waals surface area contributed by atoms with Crippen LogP contribution in [0.25, 0.3) is 0 Å². The van der Waals surface area contributed by atoms with Gasteiger partial charge in [0.15, 0.2) is 0 Å². The SMILES string of the molecule is Cn1cc(C(=O)NCC2CCN(C(=O)Nc3ccc(N4CCOCC4)nc3)CC2)cn1. The van der Waals surface area contributed by atoms with Gasteiger partial charge in [-0.2, -0.15) is 5.10 Å². The van der Waals surface area contributed by atoms with Crippen molar-refractivity contribution in [3.8, 4) is 0 Å². The molecule has 2 aromatic rings. The Morgan fingerprint density at radius 3 is 2.55 bits per heavy atom. The number of urea groups is 1. The summed E-state index contributed by atoms with van der Waals surface area (Å²) in [7, 11) is 1.78. The Hall–Kier alpha value is -3.14. The van der Waals surface area contributed by atoms with Crippen LogP contribution in [0.1, 0.15) is 23.2 Å². The maximum Gasteiger partial charge on any atom is 0.321 e. The molecule has 0 bridgehead atoms. The van der Waals surface area contributed by atoms with Crippen LogP contribution < -0.4 is 15.5 Å². The molecule has 0 atom stereocenters. The van der Waals surface area contributed by atoms with Crippen LogP contribution in [0.3, 0.4) is 0 Å². The van der Waals surface area contributed by atoms with Gasteiger partial charge in [0.25, 0.3) is 5.91 Å². The molecule has 0 radical (unpaired) electrons. The summed E-state index contributed by atoms with van der Waals surface area (Å²) in [6, 6.07) is 3.70. The predicted octanol–water partition coefficient (Wildman–Crippen LogP) is 1.33. The lowest BCUT2D eigenvalue weighted by Gasteiger charge is -2.32. The summed E-state index contributed by atoms with van der Waals surface area (Å²) in [5.74, 6) is 1.15. The third kappa shape index (κ3) is 5.52. The molecule has 10 heteroatoms. The van der Waals surface area contributed by atoms with Gasteiger partial charge in [0.1, 0.15) is 5.82 Å². The number of carbonyl (C=O) groups is 2.